The van der Waals surface area contributed by atoms with Crippen LogP contribution in [0.5, 0.6) is 0 Å². The van der Waals surface area contributed by atoms with Crippen LogP contribution >= 0.6 is 11.8 Å². The minimum Gasteiger partial charge on any atom is -0.311 e. The maximum Gasteiger partial charge on any atom is 0.0815 e. The lowest BCUT2D eigenvalue weighted by atomic mass is 10.6. The third-order valence-electron chi connectivity index (χ3n) is 1.17. The molecule has 1 rings (SSSR count). The summed E-state index contributed by atoms with van der Waals surface area (Å²) in [5, 5.41) is 4.51. The van der Waals surface area contributed by atoms with Crippen molar-refractivity contribution >= 4 is 16.8 Å². The Kier molecular flexibility index (Phi) is 3.08. The van der Waals surface area contributed by atoms with Crippen LogP contribution in [0.4, 0.5) is 0 Å². The smallest absolute Gasteiger partial charge is 0.0815 e. The second-order valence-corrected chi connectivity index (χ2v) is 3.07. The molecule has 9 heavy (non-hydrogen) atoms. The standard InChI is InChI=1S/C6H12N2S/c1-2-7-5-6-8-3-4-9-6/h7H,2-5H2,1H3. The molecule has 0 amide bonds. The van der Waals surface area contributed by atoms with Crippen molar-refractivity contribution in [3.63, 3.8) is 0 Å². The van der Waals surface area contributed by atoms with Crippen LogP contribution in [0.3, 0.4) is 0 Å². The largest absolute Gasteiger partial charge is 0.311 e. The fraction of sp³-hybridized carbons (Fsp3) is 0.833. The van der Waals surface area contributed by atoms with Crippen molar-refractivity contribution in [2.24, 2.45) is 4.99 Å². The zero-order valence-electron chi connectivity index (χ0n) is 5.68. The monoisotopic (exact) mass is 144 g/mol. The van der Waals surface area contributed by atoms with Gasteiger partial charge in [-0.05, 0) is 6.54 Å². The van der Waals surface area contributed by atoms with Crippen LogP contribution in [0, 0.1) is 0 Å². The third kappa shape index (κ3) is 2.37. The lowest BCUT2D eigenvalue weighted by molar-refractivity contribution is 0.821. The van der Waals surface area contributed by atoms with E-state index in [1.807, 2.05) is 11.8 Å². The van der Waals surface area contributed by atoms with Gasteiger partial charge in [0.05, 0.1) is 5.04 Å². The molecule has 0 unspecified atom stereocenters. The Labute approximate surface area is 60.1 Å². The molecule has 0 radical (unpaired) electrons. The molecule has 2 nitrogen and oxygen atoms in total. The molecule has 0 saturated heterocycles. The summed E-state index contributed by atoms with van der Waals surface area (Å²) >= 11 is 1.87. The van der Waals surface area contributed by atoms with E-state index in [2.05, 4.69) is 17.2 Å². The van der Waals surface area contributed by atoms with Gasteiger partial charge in [0, 0.05) is 18.8 Å². The van der Waals surface area contributed by atoms with Gasteiger partial charge in [-0.15, -0.1) is 11.8 Å². The van der Waals surface area contributed by atoms with Crippen LogP contribution in [-0.2, 0) is 0 Å². The summed E-state index contributed by atoms with van der Waals surface area (Å²) < 4.78 is 0. The maximum absolute atomic E-state index is 4.29. The topological polar surface area (TPSA) is 24.4 Å². The Morgan fingerprint density at radius 1 is 1.78 bits per heavy atom. The summed E-state index contributed by atoms with van der Waals surface area (Å²) in [6.45, 7) is 5.15. The summed E-state index contributed by atoms with van der Waals surface area (Å²) in [6, 6.07) is 0. The number of nitrogens with zero attached hydrogens (tertiary/aromatic N) is 1. The van der Waals surface area contributed by atoms with Crippen LogP contribution in [0.2, 0.25) is 0 Å². The molecule has 0 aliphatic carbocycles. The molecule has 0 aromatic heterocycles. The van der Waals surface area contributed by atoms with Gasteiger partial charge in [-0.25, -0.2) is 0 Å². The molecule has 1 N–H and O–H groups in total. The minimum absolute atomic E-state index is 0.973. The highest BCUT2D eigenvalue weighted by Crippen LogP contribution is 2.09. The van der Waals surface area contributed by atoms with Crippen LogP contribution in [0.25, 0.3) is 0 Å². The molecule has 0 atom stereocenters. The van der Waals surface area contributed by atoms with E-state index in [0.717, 1.165) is 19.6 Å². The van der Waals surface area contributed by atoms with E-state index >= 15 is 0 Å². The Morgan fingerprint density at radius 3 is 3.22 bits per heavy atom. The van der Waals surface area contributed by atoms with Gasteiger partial charge in [-0.3, -0.25) is 4.99 Å². The first kappa shape index (κ1) is 7.09. The quantitative estimate of drug-likeness (QED) is 0.632. The molecule has 0 aromatic rings. The zero-order valence-corrected chi connectivity index (χ0v) is 6.50. The predicted molar refractivity (Wildman–Crippen MR) is 43.3 cm³/mol. The van der Waals surface area contributed by atoms with Crippen molar-refractivity contribution in [1.29, 1.82) is 0 Å². The molecule has 0 saturated carbocycles. The number of thioether (sulfide) groups is 1. The van der Waals surface area contributed by atoms with Crippen molar-refractivity contribution in [3.8, 4) is 0 Å². The molecule has 1 aliphatic rings. The van der Waals surface area contributed by atoms with Gasteiger partial charge in [0.25, 0.3) is 0 Å². The van der Waals surface area contributed by atoms with E-state index in [-0.39, 0.29) is 0 Å². The molecule has 1 aliphatic heterocycles. The highest BCUT2D eigenvalue weighted by molar-refractivity contribution is 8.14. The second-order valence-electron chi connectivity index (χ2n) is 1.90. The van der Waals surface area contributed by atoms with Crippen molar-refractivity contribution in [2.45, 2.75) is 6.92 Å². The molecule has 0 spiro atoms. The van der Waals surface area contributed by atoms with Gasteiger partial charge < -0.3 is 5.32 Å². The highest BCUT2D eigenvalue weighted by Gasteiger charge is 2.04. The molecule has 52 valence electrons. The first-order valence-electron chi connectivity index (χ1n) is 3.30. The van der Waals surface area contributed by atoms with Crippen molar-refractivity contribution in [1.82, 2.24) is 5.32 Å². The van der Waals surface area contributed by atoms with Gasteiger partial charge in [0.15, 0.2) is 0 Å². The molecule has 0 aromatic carbocycles. The highest BCUT2D eigenvalue weighted by atomic mass is 32.2. The normalized spacial score (nSPS) is 18.1. The van der Waals surface area contributed by atoms with E-state index in [0.29, 0.717) is 0 Å². The van der Waals surface area contributed by atoms with Crippen LogP contribution in [0.15, 0.2) is 4.99 Å². The van der Waals surface area contributed by atoms with Crippen LogP contribution in [0.1, 0.15) is 6.92 Å². The van der Waals surface area contributed by atoms with Crippen LogP contribution < -0.4 is 5.32 Å². The van der Waals surface area contributed by atoms with Gasteiger partial charge in [-0.1, -0.05) is 6.92 Å². The summed E-state index contributed by atoms with van der Waals surface area (Å²) in [7, 11) is 0. The molecule has 0 bridgehead atoms. The van der Waals surface area contributed by atoms with Gasteiger partial charge in [-0.2, -0.15) is 0 Å². The van der Waals surface area contributed by atoms with E-state index in [1.165, 1.54) is 10.8 Å². The Hall–Kier alpha value is -0.0200. The molecular weight excluding hydrogens is 132 g/mol. The minimum atomic E-state index is 0.973. The zero-order chi connectivity index (χ0) is 6.53. The molecule has 0 fully saturated rings. The molecular formula is C6H12N2S. The fourth-order valence-electron chi connectivity index (χ4n) is 0.718. The molecule has 1 heterocycles. The predicted octanol–water partition coefficient (Wildman–Crippen LogP) is 0.741. The summed E-state index contributed by atoms with van der Waals surface area (Å²) in [5.41, 5.74) is 0. The van der Waals surface area contributed by atoms with Crippen molar-refractivity contribution in [2.75, 3.05) is 25.4 Å². The van der Waals surface area contributed by atoms with E-state index in [1.54, 1.807) is 0 Å². The lowest BCUT2D eigenvalue weighted by Crippen LogP contribution is -2.19. The van der Waals surface area contributed by atoms with Gasteiger partial charge in [0.2, 0.25) is 0 Å². The summed E-state index contributed by atoms with van der Waals surface area (Å²) in [6.07, 6.45) is 0. The van der Waals surface area contributed by atoms with Crippen molar-refractivity contribution < 1.29 is 0 Å². The lowest BCUT2D eigenvalue weighted by Gasteiger charge is -1.97. The second kappa shape index (κ2) is 3.90. The van der Waals surface area contributed by atoms with E-state index < -0.39 is 0 Å². The van der Waals surface area contributed by atoms with E-state index in [9.17, 15) is 0 Å². The Bertz CT molecular complexity index is 112. The molecule has 3 heteroatoms. The number of hydrogen-bond acceptors (Lipinski definition) is 3. The summed E-state index contributed by atoms with van der Waals surface area (Å²) in [5.74, 6) is 1.18. The Balaban J connectivity index is 2.11. The summed E-state index contributed by atoms with van der Waals surface area (Å²) in [4.78, 5) is 4.29. The van der Waals surface area contributed by atoms with Crippen molar-refractivity contribution in [3.05, 3.63) is 0 Å². The maximum atomic E-state index is 4.29. The van der Waals surface area contributed by atoms with Gasteiger partial charge in [0.1, 0.15) is 0 Å². The third-order valence-corrected chi connectivity index (χ3v) is 2.17. The first-order valence-corrected chi connectivity index (χ1v) is 4.29. The number of aliphatic imine (C=N–C) groups is 1. The first-order chi connectivity index (χ1) is 4.43. The number of nitrogens with one attached hydrogen (secondary N) is 1. The number of hydrogen-bond donors (Lipinski definition) is 1. The van der Waals surface area contributed by atoms with Gasteiger partial charge >= 0.3 is 0 Å². The average Bonchev–Trinajstić information content (AvgIpc) is 2.34. The number of rotatable bonds is 3. The van der Waals surface area contributed by atoms with E-state index in [4.69, 9.17) is 0 Å². The fourth-order valence-corrected chi connectivity index (χ4v) is 1.52. The SMILES string of the molecule is CCNCC1=NCCS1. The average molecular weight is 144 g/mol. The van der Waals surface area contributed by atoms with Crippen LogP contribution in [-0.4, -0.2) is 30.4 Å². The Morgan fingerprint density at radius 2 is 2.67 bits per heavy atom.